The molecule has 0 radical (unpaired) electrons. The van der Waals surface area contributed by atoms with Crippen LogP contribution < -0.4 is 14.8 Å². The molecule has 38 heavy (non-hydrogen) atoms. The predicted molar refractivity (Wildman–Crippen MR) is 143 cm³/mol. The third kappa shape index (κ3) is 4.63. The van der Waals surface area contributed by atoms with Crippen LogP contribution in [0.2, 0.25) is 0 Å². The van der Waals surface area contributed by atoms with Crippen molar-refractivity contribution in [1.29, 1.82) is 0 Å². The van der Waals surface area contributed by atoms with Crippen LogP contribution in [0.1, 0.15) is 46.2 Å². The monoisotopic (exact) mass is 529 g/mol. The van der Waals surface area contributed by atoms with Gasteiger partial charge in [0.1, 0.15) is 10.8 Å². The van der Waals surface area contributed by atoms with Crippen molar-refractivity contribution in [1.82, 2.24) is 24.8 Å². The fourth-order valence-corrected chi connectivity index (χ4v) is 5.87. The highest BCUT2D eigenvalue weighted by Gasteiger charge is 2.31. The van der Waals surface area contributed by atoms with Crippen molar-refractivity contribution in [3.8, 4) is 28.6 Å². The maximum Gasteiger partial charge on any atom is 0.258 e. The van der Waals surface area contributed by atoms with Crippen LogP contribution in [0.15, 0.2) is 60.4 Å². The minimum atomic E-state index is -0.271. The van der Waals surface area contributed by atoms with Gasteiger partial charge in [-0.25, -0.2) is 9.97 Å². The number of aromatic nitrogens is 3. The summed E-state index contributed by atoms with van der Waals surface area (Å²) < 4.78 is 13.2. The van der Waals surface area contributed by atoms with Crippen LogP contribution in [0.5, 0.6) is 11.5 Å². The SMILES string of the molecule is COc1ccc2cc1OCC(=O)NCc1cc(C(=O)N3CCCCC3c3nccs3)cc(c1)-n1ccnc1-2. The van der Waals surface area contributed by atoms with Crippen LogP contribution in [0.3, 0.4) is 0 Å². The van der Waals surface area contributed by atoms with E-state index in [9.17, 15) is 9.59 Å². The molecule has 4 heterocycles. The highest BCUT2D eigenvalue weighted by molar-refractivity contribution is 7.09. The largest absolute Gasteiger partial charge is 0.493 e. The van der Waals surface area contributed by atoms with Gasteiger partial charge < -0.3 is 19.7 Å². The Morgan fingerprint density at radius 1 is 1.16 bits per heavy atom. The van der Waals surface area contributed by atoms with Gasteiger partial charge in [0.25, 0.3) is 11.8 Å². The van der Waals surface area contributed by atoms with Gasteiger partial charge >= 0.3 is 0 Å². The number of amides is 2. The van der Waals surface area contributed by atoms with Crippen LogP contribution in [-0.2, 0) is 11.3 Å². The molecule has 194 valence electrons. The fourth-order valence-electron chi connectivity index (χ4n) is 5.08. The number of likely N-dealkylation sites (tertiary alicyclic amines) is 1. The highest BCUT2D eigenvalue weighted by Crippen LogP contribution is 2.35. The number of nitrogens with zero attached hydrogens (tertiary/aromatic N) is 4. The van der Waals surface area contributed by atoms with Gasteiger partial charge in [-0.15, -0.1) is 11.3 Å². The van der Waals surface area contributed by atoms with E-state index in [2.05, 4.69) is 15.3 Å². The lowest BCUT2D eigenvalue weighted by Crippen LogP contribution is -2.38. The Labute approximate surface area is 224 Å². The van der Waals surface area contributed by atoms with E-state index < -0.39 is 0 Å². The van der Waals surface area contributed by atoms with Gasteiger partial charge in [-0.1, -0.05) is 0 Å². The van der Waals surface area contributed by atoms with E-state index in [0.717, 1.165) is 41.1 Å². The molecule has 1 atom stereocenters. The Morgan fingerprint density at radius 3 is 2.92 bits per heavy atom. The molecule has 2 amide bonds. The van der Waals surface area contributed by atoms with Gasteiger partial charge in [0.05, 0.1) is 13.2 Å². The van der Waals surface area contributed by atoms with Crippen LogP contribution in [0.4, 0.5) is 0 Å². The van der Waals surface area contributed by atoms with E-state index in [1.54, 1.807) is 36.9 Å². The number of nitrogens with one attached hydrogen (secondary N) is 1. The zero-order chi connectivity index (χ0) is 26.1. The molecule has 0 spiro atoms. The van der Waals surface area contributed by atoms with E-state index in [1.165, 1.54) is 0 Å². The minimum absolute atomic E-state index is 0.0316. The number of fused-ring (bicyclic) bond motifs is 7. The number of carbonyl (C=O) groups is 2. The number of methoxy groups -OCH3 is 1. The molecule has 9 nitrogen and oxygen atoms in total. The number of rotatable bonds is 3. The van der Waals surface area contributed by atoms with Gasteiger partial charge in [-0.2, -0.15) is 0 Å². The normalized spacial score (nSPS) is 17.2. The number of hydrogen-bond acceptors (Lipinski definition) is 7. The minimum Gasteiger partial charge on any atom is -0.493 e. The first-order valence-corrected chi connectivity index (χ1v) is 13.4. The first-order chi connectivity index (χ1) is 18.6. The third-order valence-electron chi connectivity index (χ3n) is 6.91. The molecule has 1 fully saturated rings. The summed E-state index contributed by atoms with van der Waals surface area (Å²) in [5.41, 5.74) is 2.96. The summed E-state index contributed by atoms with van der Waals surface area (Å²) in [4.78, 5) is 37.6. The van der Waals surface area contributed by atoms with Crippen molar-refractivity contribution < 1.29 is 19.1 Å². The molecular formula is C28H27N5O4S. The predicted octanol–water partition coefficient (Wildman–Crippen LogP) is 4.38. The molecule has 4 aromatic rings. The second-order valence-electron chi connectivity index (χ2n) is 9.32. The number of benzene rings is 2. The molecule has 6 rings (SSSR count). The summed E-state index contributed by atoms with van der Waals surface area (Å²) in [7, 11) is 1.56. The van der Waals surface area contributed by atoms with Crippen LogP contribution in [0.25, 0.3) is 17.1 Å². The second-order valence-corrected chi connectivity index (χ2v) is 10.2. The Bertz CT molecular complexity index is 1480. The number of ether oxygens (including phenoxy) is 2. The molecule has 2 aromatic heterocycles. The lowest BCUT2D eigenvalue weighted by molar-refractivity contribution is -0.123. The summed E-state index contributed by atoms with van der Waals surface area (Å²) in [5.74, 6) is 1.35. The molecule has 1 saturated heterocycles. The molecular weight excluding hydrogens is 502 g/mol. The zero-order valence-corrected chi connectivity index (χ0v) is 21.7. The van der Waals surface area contributed by atoms with E-state index >= 15 is 0 Å². The fraction of sp³-hybridized carbons (Fsp3) is 0.286. The molecule has 1 N–H and O–H groups in total. The Morgan fingerprint density at radius 2 is 2.08 bits per heavy atom. The lowest BCUT2D eigenvalue weighted by atomic mass is 10.00. The van der Waals surface area contributed by atoms with Crippen molar-refractivity contribution >= 4 is 23.2 Å². The van der Waals surface area contributed by atoms with Crippen molar-refractivity contribution in [2.45, 2.75) is 31.8 Å². The van der Waals surface area contributed by atoms with E-state index in [1.807, 2.05) is 51.4 Å². The maximum absolute atomic E-state index is 14.0. The number of piperidine rings is 1. The Hall–Kier alpha value is -4.18. The quantitative estimate of drug-likeness (QED) is 0.423. The standard InChI is InChI=1S/C28H27N5O4S/c1-36-23-6-5-19-15-24(23)37-17-25(34)31-16-18-12-20(14-21(13-18)32-10-7-29-26(19)32)28(35)33-9-3-2-4-22(33)27-30-8-11-38-27/h5-8,10-15,22H,2-4,9,16-17H2,1H3,(H,31,34). The van der Waals surface area contributed by atoms with Gasteiger partial charge in [-0.05, 0) is 61.2 Å². The smallest absolute Gasteiger partial charge is 0.258 e. The molecule has 1 unspecified atom stereocenters. The Balaban J connectivity index is 1.44. The molecule has 2 aliphatic rings. The van der Waals surface area contributed by atoms with Crippen LogP contribution in [0, 0.1) is 0 Å². The number of imidazole rings is 1. The molecule has 0 aliphatic carbocycles. The molecule has 4 bridgehead atoms. The van der Waals surface area contributed by atoms with Crippen LogP contribution in [-0.4, -0.2) is 51.5 Å². The van der Waals surface area contributed by atoms with Crippen molar-refractivity contribution in [2.75, 3.05) is 20.3 Å². The first-order valence-electron chi connectivity index (χ1n) is 12.6. The topological polar surface area (TPSA) is 98.6 Å². The van der Waals surface area contributed by atoms with Gasteiger partial charge in [0, 0.05) is 53.9 Å². The summed E-state index contributed by atoms with van der Waals surface area (Å²) in [5, 5.41) is 5.83. The van der Waals surface area contributed by atoms with E-state index in [4.69, 9.17) is 9.47 Å². The van der Waals surface area contributed by atoms with Crippen molar-refractivity contribution in [2.24, 2.45) is 0 Å². The highest BCUT2D eigenvalue weighted by atomic mass is 32.1. The third-order valence-corrected chi connectivity index (χ3v) is 7.79. The molecule has 0 saturated carbocycles. The van der Waals surface area contributed by atoms with Gasteiger partial charge in [0.2, 0.25) is 0 Å². The van der Waals surface area contributed by atoms with Crippen LogP contribution >= 0.6 is 11.3 Å². The summed E-state index contributed by atoms with van der Waals surface area (Å²) in [6.45, 7) is 0.773. The number of carbonyl (C=O) groups excluding carboxylic acids is 2. The van der Waals surface area contributed by atoms with E-state index in [-0.39, 0.29) is 31.0 Å². The Kier molecular flexibility index (Phi) is 6.55. The van der Waals surface area contributed by atoms with Crippen molar-refractivity contribution in [3.05, 3.63) is 76.5 Å². The number of hydrogen-bond donors (Lipinski definition) is 1. The molecule has 2 aliphatic heterocycles. The average Bonchev–Trinajstić information content (AvgIpc) is 3.67. The lowest BCUT2D eigenvalue weighted by Gasteiger charge is -2.34. The summed E-state index contributed by atoms with van der Waals surface area (Å²) >= 11 is 1.59. The van der Waals surface area contributed by atoms with Gasteiger partial charge in [0.15, 0.2) is 18.1 Å². The second kappa shape index (κ2) is 10.3. The van der Waals surface area contributed by atoms with Gasteiger partial charge in [-0.3, -0.25) is 14.2 Å². The number of thiazole rings is 1. The van der Waals surface area contributed by atoms with Crippen molar-refractivity contribution in [3.63, 3.8) is 0 Å². The molecule has 2 aromatic carbocycles. The van der Waals surface area contributed by atoms with E-state index in [0.29, 0.717) is 29.4 Å². The first kappa shape index (κ1) is 24.2. The average molecular weight is 530 g/mol. The summed E-state index contributed by atoms with van der Waals surface area (Å²) in [6.07, 6.45) is 8.31. The molecule has 10 heteroatoms. The maximum atomic E-state index is 14.0. The zero-order valence-electron chi connectivity index (χ0n) is 20.9. The summed E-state index contributed by atoms with van der Waals surface area (Å²) in [6, 6.07) is 11.2.